The van der Waals surface area contributed by atoms with E-state index in [4.69, 9.17) is 0 Å². The molecule has 10 heteroatoms. The molecule has 0 aromatic carbocycles. The van der Waals surface area contributed by atoms with Gasteiger partial charge in [-0.3, -0.25) is 10.1 Å². The van der Waals surface area contributed by atoms with Crippen molar-refractivity contribution in [2.75, 3.05) is 5.32 Å². The van der Waals surface area contributed by atoms with Crippen molar-refractivity contribution >= 4 is 44.1 Å². The third-order valence-corrected chi connectivity index (χ3v) is 3.55. The second kappa shape index (κ2) is 4.82. The van der Waals surface area contributed by atoms with Gasteiger partial charge in [-0.15, -0.1) is 16.4 Å². The Balaban J connectivity index is 2.22. The molecule has 0 aliphatic rings. The summed E-state index contributed by atoms with van der Waals surface area (Å²) in [6.07, 6.45) is 0. The molecule has 0 bridgehead atoms. The summed E-state index contributed by atoms with van der Waals surface area (Å²) in [5.74, 6) is -0.934. The van der Waals surface area contributed by atoms with E-state index in [2.05, 4.69) is 36.4 Å². The summed E-state index contributed by atoms with van der Waals surface area (Å²) in [6, 6.07) is 0. The van der Waals surface area contributed by atoms with E-state index in [0.717, 1.165) is 5.69 Å². The van der Waals surface area contributed by atoms with Gasteiger partial charge in [-0.05, 0) is 27.8 Å². The van der Waals surface area contributed by atoms with Gasteiger partial charge in [0.1, 0.15) is 4.47 Å². The number of halogens is 1. The minimum absolute atomic E-state index is 0.0123. The molecule has 0 saturated carbocycles. The first kappa shape index (κ1) is 12.6. The van der Waals surface area contributed by atoms with E-state index < -0.39 is 10.8 Å². The summed E-state index contributed by atoms with van der Waals surface area (Å²) >= 11 is 4.22. The Hall–Kier alpha value is -1.81. The number of aromatic amines is 1. The Morgan fingerprint density at radius 2 is 2.39 bits per heavy atom. The Morgan fingerprint density at radius 1 is 1.67 bits per heavy atom. The molecule has 0 saturated heterocycles. The summed E-state index contributed by atoms with van der Waals surface area (Å²) < 4.78 is 0.0123. The molecule has 1 amide bonds. The number of thiazole rings is 1. The molecule has 2 aromatic heterocycles. The smallest absolute Gasteiger partial charge is 0.357 e. The van der Waals surface area contributed by atoms with E-state index in [-0.39, 0.29) is 16.0 Å². The molecule has 2 N–H and O–H groups in total. The summed E-state index contributed by atoms with van der Waals surface area (Å²) in [4.78, 5) is 25.8. The number of nitrogens with one attached hydrogen (secondary N) is 2. The molecular formula is C8H6BrN5O3S. The van der Waals surface area contributed by atoms with Gasteiger partial charge < -0.3 is 10.1 Å². The zero-order chi connectivity index (χ0) is 13.3. The number of aryl methyl sites for hydroxylation is 1. The van der Waals surface area contributed by atoms with Crippen LogP contribution < -0.4 is 5.32 Å². The van der Waals surface area contributed by atoms with Crippen LogP contribution in [0.25, 0.3) is 0 Å². The number of carbonyl (C=O) groups excluding carboxylic acids is 1. The summed E-state index contributed by atoms with van der Waals surface area (Å²) in [5.41, 5.74) is 0.692. The van der Waals surface area contributed by atoms with Crippen molar-refractivity contribution in [1.82, 2.24) is 15.2 Å². The lowest BCUT2D eigenvalue weighted by Crippen LogP contribution is -2.12. The van der Waals surface area contributed by atoms with Gasteiger partial charge in [0, 0.05) is 5.38 Å². The molecule has 0 radical (unpaired) electrons. The second-order valence-corrected chi connectivity index (χ2v) is 4.89. The predicted molar refractivity (Wildman–Crippen MR) is 67.7 cm³/mol. The topological polar surface area (TPSA) is 114 Å². The number of aromatic nitrogens is 3. The SMILES string of the molecule is Cc1csc(NC(=O)c2n[nH]c([N+](=O)[O-])c2Br)n1. The van der Waals surface area contributed by atoms with Crippen LogP contribution >= 0.6 is 27.3 Å². The first-order chi connectivity index (χ1) is 8.49. The number of amides is 1. The Bertz CT molecular complexity index is 622. The molecular weight excluding hydrogens is 326 g/mol. The van der Waals surface area contributed by atoms with Gasteiger partial charge in [-0.25, -0.2) is 4.98 Å². The molecule has 0 fully saturated rings. The Morgan fingerprint density at radius 3 is 2.89 bits per heavy atom. The molecule has 18 heavy (non-hydrogen) atoms. The van der Waals surface area contributed by atoms with E-state index >= 15 is 0 Å². The fraction of sp³-hybridized carbons (Fsp3) is 0.125. The van der Waals surface area contributed by atoms with E-state index in [1.54, 1.807) is 12.3 Å². The van der Waals surface area contributed by atoms with Gasteiger partial charge in [0.25, 0.3) is 5.91 Å². The molecule has 0 aliphatic heterocycles. The maximum absolute atomic E-state index is 11.8. The van der Waals surface area contributed by atoms with Gasteiger partial charge in [-0.1, -0.05) is 5.10 Å². The standard InChI is InChI=1S/C8H6BrN5O3S/c1-3-2-18-8(10-3)11-7(15)5-4(9)6(13-12-5)14(16)17/h2H,1H3,(H,12,13)(H,10,11,15). The Labute approximate surface area is 113 Å². The number of nitrogens with zero attached hydrogens (tertiary/aromatic N) is 3. The van der Waals surface area contributed by atoms with Gasteiger partial charge in [0.05, 0.1) is 5.69 Å². The van der Waals surface area contributed by atoms with E-state index in [9.17, 15) is 14.9 Å². The minimum atomic E-state index is -0.665. The quantitative estimate of drug-likeness (QED) is 0.660. The second-order valence-electron chi connectivity index (χ2n) is 3.24. The highest BCUT2D eigenvalue weighted by molar-refractivity contribution is 9.10. The number of nitro groups is 1. The molecule has 2 heterocycles. The molecule has 2 rings (SSSR count). The number of rotatable bonds is 3. The molecule has 2 aromatic rings. The van der Waals surface area contributed by atoms with Crippen LogP contribution in [0.15, 0.2) is 9.85 Å². The first-order valence-corrected chi connectivity index (χ1v) is 6.28. The lowest BCUT2D eigenvalue weighted by atomic mass is 10.4. The van der Waals surface area contributed by atoms with Gasteiger partial charge in [0.2, 0.25) is 0 Å². The third-order valence-electron chi connectivity index (χ3n) is 1.93. The van der Waals surface area contributed by atoms with Gasteiger partial charge in [0.15, 0.2) is 10.8 Å². The summed E-state index contributed by atoms with van der Waals surface area (Å²) in [7, 11) is 0. The van der Waals surface area contributed by atoms with Crippen molar-refractivity contribution in [3.8, 4) is 0 Å². The summed E-state index contributed by atoms with van der Waals surface area (Å²) in [6.45, 7) is 1.79. The molecule has 8 nitrogen and oxygen atoms in total. The average Bonchev–Trinajstić information content (AvgIpc) is 2.85. The zero-order valence-corrected chi connectivity index (χ0v) is 11.3. The van der Waals surface area contributed by atoms with Crippen LogP contribution in [0.1, 0.15) is 16.2 Å². The largest absolute Gasteiger partial charge is 0.358 e. The minimum Gasteiger partial charge on any atom is -0.358 e. The molecule has 0 spiro atoms. The van der Waals surface area contributed by atoms with E-state index in [1.807, 2.05) is 0 Å². The van der Waals surface area contributed by atoms with Crippen LogP contribution in [0.4, 0.5) is 10.9 Å². The fourth-order valence-electron chi connectivity index (χ4n) is 1.16. The van der Waals surface area contributed by atoms with E-state index in [0.29, 0.717) is 5.13 Å². The number of H-pyrrole nitrogens is 1. The highest BCUT2D eigenvalue weighted by atomic mass is 79.9. The normalized spacial score (nSPS) is 10.3. The summed E-state index contributed by atoms with van der Waals surface area (Å²) in [5, 5.41) is 21.0. The van der Waals surface area contributed by atoms with Crippen LogP contribution in [-0.4, -0.2) is 26.0 Å². The predicted octanol–water partition coefficient (Wildman–Crippen LogP) is 2.10. The number of hydrogen-bond donors (Lipinski definition) is 2. The first-order valence-electron chi connectivity index (χ1n) is 4.60. The van der Waals surface area contributed by atoms with Crippen molar-refractivity contribution in [3.05, 3.63) is 31.4 Å². The Kier molecular flexibility index (Phi) is 3.39. The van der Waals surface area contributed by atoms with Crippen molar-refractivity contribution in [2.24, 2.45) is 0 Å². The zero-order valence-electron chi connectivity index (χ0n) is 8.93. The monoisotopic (exact) mass is 331 g/mol. The number of anilines is 1. The van der Waals surface area contributed by atoms with Crippen LogP contribution in [0, 0.1) is 17.0 Å². The van der Waals surface area contributed by atoms with Crippen LogP contribution in [0.2, 0.25) is 0 Å². The highest BCUT2D eigenvalue weighted by Gasteiger charge is 2.25. The molecule has 0 unspecified atom stereocenters. The van der Waals surface area contributed by atoms with Crippen LogP contribution in [0.5, 0.6) is 0 Å². The number of hydrogen-bond acceptors (Lipinski definition) is 6. The highest BCUT2D eigenvalue weighted by Crippen LogP contribution is 2.26. The molecule has 0 atom stereocenters. The maximum Gasteiger partial charge on any atom is 0.357 e. The lowest BCUT2D eigenvalue weighted by molar-refractivity contribution is -0.390. The maximum atomic E-state index is 11.8. The fourth-order valence-corrected chi connectivity index (χ4v) is 2.34. The van der Waals surface area contributed by atoms with Gasteiger partial charge in [-0.2, -0.15) is 0 Å². The van der Waals surface area contributed by atoms with Crippen LogP contribution in [-0.2, 0) is 0 Å². The van der Waals surface area contributed by atoms with Crippen molar-refractivity contribution in [3.63, 3.8) is 0 Å². The third kappa shape index (κ3) is 2.38. The van der Waals surface area contributed by atoms with Crippen molar-refractivity contribution in [2.45, 2.75) is 6.92 Å². The van der Waals surface area contributed by atoms with Gasteiger partial charge >= 0.3 is 5.82 Å². The van der Waals surface area contributed by atoms with Crippen molar-refractivity contribution < 1.29 is 9.72 Å². The van der Waals surface area contributed by atoms with Crippen molar-refractivity contribution in [1.29, 1.82) is 0 Å². The van der Waals surface area contributed by atoms with E-state index in [1.165, 1.54) is 11.3 Å². The average molecular weight is 332 g/mol. The van der Waals surface area contributed by atoms with Crippen LogP contribution in [0.3, 0.4) is 0 Å². The lowest BCUT2D eigenvalue weighted by Gasteiger charge is -1.97. The number of carbonyl (C=O) groups is 1. The molecule has 94 valence electrons. The molecule has 0 aliphatic carbocycles.